The van der Waals surface area contributed by atoms with Gasteiger partial charge in [0.15, 0.2) is 0 Å². The number of carbonyl (C=O) groups excluding carboxylic acids is 1. The molecule has 0 spiro atoms. The minimum absolute atomic E-state index is 0.0191. The Balaban J connectivity index is 1.74. The second-order valence-electron chi connectivity index (χ2n) is 5.90. The van der Waals surface area contributed by atoms with Gasteiger partial charge in [-0.2, -0.15) is 5.10 Å². The summed E-state index contributed by atoms with van der Waals surface area (Å²) >= 11 is 0. The van der Waals surface area contributed by atoms with Gasteiger partial charge >= 0.3 is 5.69 Å². The molecule has 1 saturated heterocycles. The summed E-state index contributed by atoms with van der Waals surface area (Å²) in [7, 11) is 1.98. The number of nitrogens with one attached hydrogen (secondary N) is 1. The molecule has 24 heavy (non-hydrogen) atoms. The summed E-state index contributed by atoms with van der Waals surface area (Å²) in [6, 6.07) is 9.95. The maximum atomic E-state index is 12.7. The number of hydrogen-bond donors (Lipinski definition) is 1. The highest BCUT2D eigenvalue weighted by atomic mass is 16.6. The van der Waals surface area contributed by atoms with Gasteiger partial charge in [0.05, 0.1) is 4.92 Å². The van der Waals surface area contributed by atoms with Crippen molar-refractivity contribution < 1.29 is 9.72 Å². The van der Waals surface area contributed by atoms with Crippen LogP contribution in [0.15, 0.2) is 36.5 Å². The molecule has 2 aromatic rings. The average Bonchev–Trinajstić information content (AvgIpc) is 3.24. The van der Waals surface area contributed by atoms with Crippen molar-refractivity contribution in [1.29, 1.82) is 0 Å². The zero-order valence-corrected chi connectivity index (χ0v) is 13.4. The lowest BCUT2D eigenvalue weighted by atomic mass is 10.2. The zero-order chi connectivity index (χ0) is 17.1. The first-order valence-corrected chi connectivity index (χ1v) is 7.83. The van der Waals surface area contributed by atoms with Crippen molar-refractivity contribution >= 4 is 17.3 Å². The first-order valence-electron chi connectivity index (χ1n) is 7.83. The quantitative estimate of drug-likeness (QED) is 0.669. The molecule has 0 radical (unpaired) electrons. The fraction of sp³-hybridized carbons (Fsp3) is 0.375. The standard InChI is InChI=1S/C16H19N5O3/c1-19(12-6-3-2-4-7-12)11-13-8-5-9-20(13)16(22)15-14(21(23)24)10-17-18-15/h2-4,6-7,10,13H,5,8-9,11H2,1H3,(H,17,18). The molecular weight excluding hydrogens is 310 g/mol. The van der Waals surface area contributed by atoms with Crippen molar-refractivity contribution in [2.24, 2.45) is 0 Å². The van der Waals surface area contributed by atoms with Crippen LogP contribution < -0.4 is 4.90 Å². The maximum Gasteiger partial charge on any atom is 0.319 e. The number of rotatable bonds is 5. The van der Waals surface area contributed by atoms with Gasteiger partial charge in [-0.05, 0) is 25.0 Å². The van der Waals surface area contributed by atoms with Crippen LogP contribution in [-0.4, -0.2) is 52.1 Å². The number of aromatic nitrogens is 2. The summed E-state index contributed by atoms with van der Waals surface area (Å²) < 4.78 is 0. The SMILES string of the molecule is CN(CC1CCCN1C(=O)c1[nH]ncc1[N+](=O)[O-])c1ccccc1. The Labute approximate surface area is 139 Å². The number of aromatic amines is 1. The lowest BCUT2D eigenvalue weighted by molar-refractivity contribution is -0.385. The number of nitro groups is 1. The lowest BCUT2D eigenvalue weighted by Gasteiger charge is -2.29. The van der Waals surface area contributed by atoms with Crippen molar-refractivity contribution in [3.63, 3.8) is 0 Å². The maximum absolute atomic E-state index is 12.7. The first kappa shape index (κ1) is 16.0. The number of nitrogens with zero attached hydrogens (tertiary/aromatic N) is 4. The zero-order valence-electron chi connectivity index (χ0n) is 13.4. The van der Waals surface area contributed by atoms with E-state index >= 15 is 0 Å². The summed E-state index contributed by atoms with van der Waals surface area (Å²) in [6.45, 7) is 1.28. The Morgan fingerprint density at radius 3 is 2.92 bits per heavy atom. The van der Waals surface area contributed by atoms with Crippen LogP contribution in [0.3, 0.4) is 0 Å². The number of benzene rings is 1. The number of anilines is 1. The van der Waals surface area contributed by atoms with Gasteiger partial charge in [0, 0.05) is 31.9 Å². The van der Waals surface area contributed by atoms with E-state index < -0.39 is 4.92 Å². The predicted octanol–water partition coefficient (Wildman–Crippen LogP) is 2.06. The van der Waals surface area contributed by atoms with Gasteiger partial charge in [-0.25, -0.2) is 0 Å². The predicted molar refractivity (Wildman–Crippen MR) is 89.0 cm³/mol. The number of likely N-dealkylation sites (N-methyl/N-ethyl adjacent to an activating group) is 1. The normalized spacial score (nSPS) is 17.0. The van der Waals surface area contributed by atoms with Crippen LogP contribution in [0, 0.1) is 10.1 Å². The minimum Gasteiger partial charge on any atom is -0.373 e. The largest absolute Gasteiger partial charge is 0.373 e. The third-order valence-corrected chi connectivity index (χ3v) is 4.35. The van der Waals surface area contributed by atoms with Gasteiger partial charge in [0.25, 0.3) is 5.91 Å². The Morgan fingerprint density at radius 1 is 1.46 bits per heavy atom. The molecule has 1 atom stereocenters. The molecule has 2 heterocycles. The van der Waals surface area contributed by atoms with Crippen molar-refractivity contribution in [1.82, 2.24) is 15.1 Å². The minimum atomic E-state index is -0.585. The molecule has 1 aromatic heterocycles. The molecule has 0 aliphatic carbocycles. The average molecular weight is 329 g/mol. The molecular formula is C16H19N5O3. The molecule has 1 aliphatic rings. The van der Waals surface area contributed by atoms with E-state index in [1.54, 1.807) is 4.90 Å². The van der Waals surface area contributed by atoms with E-state index in [2.05, 4.69) is 15.1 Å². The highest BCUT2D eigenvalue weighted by Gasteiger charge is 2.34. The molecule has 3 rings (SSSR count). The monoisotopic (exact) mass is 329 g/mol. The van der Waals surface area contributed by atoms with E-state index in [1.807, 2.05) is 37.4 Å². The number of amides is 1. The van der Waals surface area contributed by atoms with Crippen LogP contribution in [0.4, 0.5) is 11.4 Å². The Morgan fingerprint density at radius 2 is 2.21 bits per heavy atom. The van der Waals surface area contributed by atoms with Crippen LogP contribution in [0.1, 0.15) is 23.3 Å². The molecule has 0 saturated carbocycles. The first-order chi connectivity index (χ1) is 11.6. The van der Waals surface area contributed by atoms with E-state index in [-0.39, 0.29) is 23.3 Å². The molecule has 1 aromatic carbocycles. The molecule has 1 amide bonds. The fourth-order valence-corrected chi connectivity index (χ4v) is 3.12. The molecule has 1 N–H and O–H groups in total. The summed E-state index contributed by atoms with van der Waals surface area (Å²) in [5, 5.41) is 17.1. The van der Waals surface area contributed by atoms with E-state index in [9.17, 15) is 14.9 Å². The van der Waals surface area contributed by atoms with E-state index in [4.69, 9.17) is 0 Å². The fourth-order valence-electron chi connectivity index (χ4n) is 3.12. The van der Waals surface area contributed by atoms with Crippen LogP contribution in [0.2, 0.25) is 0 Å². The van der Waals surface area contributed by atoms with Crippen molar-refractivity contribution in [2.45, 2.75) is 18.9 Å². The summed E-state index contributed by atoms with van der Waals surface area (Å²) in [4.78, 5) is 26.9. The van der Waals surface area contributed by atoms with Crippen LogP contribution in [0.5, 0.6) is 0 Å². The Bertz CT molecular complexity index is 730. The van der Waals surface area contributed by atoms with Crippen molar-refractivity contribution in [3.05, 3.63) is 52.3 Å². The van der Waals surface area contributed by atoms with Gasteiger partial charge in [0.1, 0.15) is 6.20 Å². The van der Waals surface area contributed by atoms with Crippen molar-refractivity contribution in [2.75, 3.05) is 25.0 Å². The van der Waals surface area contributed by atoms with Gasteiger partial charge < -0.3 is 9.80 Å². The molecule has 8 nitrogen and oxygen atoms in total. The van der Waals surface area contributed by atoms with E-state index in [0.29, 0.717) is 13.1 Å². The molecule has 1 unspecified atom stereocenters. The number of likely N-dealkylation sites (tertiary alicyclic amines) is 1. The van der Waals surface area contributed by atoms with Gasteiger partial charge in [-0.3, -0.25) is 20.0 Å². The highest BCUT2D eigenvalue weighted by molar-refractivity contribution is 5.96. The van der Waals surface area contributed by atoms with Crippen LogP contribution in [-0.2, 0) is 0 Å². The van der Waals surface area contributed by atoms with Crippen molar-refractivity contribution in [3.8, 4) is 0 Å². The molecule has 0 bridgehead atoms. The number of para-hydroxylation sites is 1. The Hall–Kier alpha value is -2.90. The topological polar surface area (TPSA) is 95.4 Å². The van der Waals surface area contributed by atoms with Gasteiger partial charge in [-0.1, -0.05) is 18.2 Å². The van der Waals surface area contributed by atoms with E-state index in [0.717, 1.165) is 24.7 Å². The number of H-pyrrole nitrogens is 1. The Kier molecular flexibility index (Phi) is 4.45. The second kappa shape index (κ2) is 6.69. The number of carbonyl (C=O) groups is 1. The summed E-state index contributed by atoms with van der Waals surface area (Å²) in [6.07, 6.45) is 2.85. The van der Waals surface area contributed by atoms with Crippen LogP contribution >= 0.6 is 0 Å². The summed E-state index contributed by atoms with van der Waals surface area (Å²) in [5.74, 6) is -0.358. The molecule has 1 fully saturated rings. The van der Waals surface area contributed by atoms with E-state index in [1.165, 1.54) is 0 Å². The van der Waals surface area contributed by atoms with Crippen LogP contribution in [0.25, 0.3) is 0 Å². The highest BCUT2D eigenvalue weighted by Crippen LogP contribution is 2.25. The van der Waals surface area contributed by atoms with Gasteiger partial charge in [-0.15, -0.1) is 0 Å². The lowest BCUT2D eigenvalue weighted by Crippen LogP contribution is -2.42. The molecule has 1 aliphatic heterocycles. The third-order valence-electron chi connectivity index (χ3n) is 4.35. The summed E-state index contributed by atoms with van der Waals surface area (Å²) in [5.41, 5.74) is 0.751. The molecule has 8 heteroatoms. The second-order valence-corrected chi connectivity index (χ2v) is 5.90. The van der Waals surface area contributed by atoms with Gasteiger partial charge in [0.2, 0.25) is 5.69 Å². The number of hydrogen-bond acceptors (Lipinski definition) is 5. The third kappa shape index (κ3) is 3.08. The molecule has 126 valence electrons. The smallest absolute Gasteiger partial charge is 0.319 e.